The first-order chi connectivity index (χ1) is 8.07. The summed E-state index contributed by atoms with van der Waals surface area (Å²) in [4.78, 5) is 0. The van der Waals surface area contributed by atoms with Gasteiger partial charge in [0.1, 0.15) is 5.82 Å². The molecule has 0 saturated carbocycles. The second kappa shape index (κ2) is 4.53. The molecule has 4 heteroatoms. The maximum Gasteiger partial charge on any atom is 0.166 e. The lowest BCUT2D eigenvalue weighted by atomic mass is 9.95. The quantitative estimate of drug-likeness (QED) is 0.833. The van der Waals surface area contributed by atoms with Crippen LogP contribution in [-0.4, -0.2) is 18.8 Å². The molecule has 1 aliphatic rings. The molecular formula is C13H18FNO2. The molecule has 1 fully saturated rings. The molecule has 1 atom stereocenters. The van der Waals surface area contributed by atoms with Crippen molar-refractivity contribution in [2.24, 2.45) is 0 Å². The first-order valence-corrected chi connectivity index (χ1v) is 5.86. The summed E-state index contributed by atoms with van der Waals surface area (Å²) < 4.78 is 19.1. The summed E-state index contributed by atoms with van der Waals surface area (Å²) in [5.74, 6) is 0.0310. The van der Waals surface area contributed by atoms with E-state index in [0.29, 0.717) is 16.7 Å². The first kappa shape index (κ1) is 12.2. The van der Waals surface area contributed by atoms with Crippen molar-refractivity contribution in [1.82, 2.24) is 5.32 Å². The van der Waals surface area contributed by atoms with Gasteiger partial charge >= 0.3 is 0 Å². The zero-order chi connectivity index (χ0) is 12.6. The van der Waals surface area contributed by atoms with Crippen molar-refractivity contribution >= 4 is 0 Å². The highest BCUT2D eigenvalue weighted by molar-refractivity contribution is 5.56. The van der Waals surface area contributed by atoms with E-state index in [0.717, 1.165) is 19.4 Å². The first-order valence-electron chi connectivity index (χ1n) is 5.86. The van der Waals surface area contributed by atoms with E-state index in [9.17, 15) is 9.50 Å². The van der Waals surface area contributed by atoms with Gasteiger partial charge < -0.3 is 15.2 Å². The summed E-state index contributed by atoms with van der Waals surface area (Å²) >= 11 is 0. The number of hydrogen-bond acceptors (Lipinski definition) is 3. The van der Waals surface area contributed by atoms with Crippen LogP contribution in [0.3, 0.4) is 0 Å². The van der Waals surface area contributed by atoms with E-state index in [1.165, 1.54) is 7.11 Å². The Kier molecular flexibility index (Phi) is 3.24. The molecule has 0 amide bonds. The van der Waals surface area contributed by atoms with Crippen molar-refractivity contribution < 1.29 is 14.2 Å². The molecule has 94 valence electrons. The molecule has 0 spiro atoms. The minimum atomic E-state index is -0.289. The lowest BCUT2D eigenvalue weighted by Gasteiger charge is -2.20. The molecule has 1 aliphatic heterocycles. The van der Waals surface area contributed by atoms with Crippen molar-refractivity contribution in [3.63, 3.8) is 0 Å². The van der Waals surface area contributed by atoms with E-state index in [4.69, 9.17) is 4.74 Å². The average molecular weight is 239 g/mol. The normalized spacial score (nSPS) is 19.6. The number of ether oxygens (including phenoxy) is 1. The fourth-order valence-electron chi connectivity index (χ4n) is 2.58. The van der Waals surface area contributed by atoms with Crippen LogP contribution in [0.15, 0.2) is 0 Å². The van der Waals surface area contributed by atoms with Crippen LogP contribution < -0.4 is 10.1 Å². The van der Waals surface area contributed by atoms with Crippen LogP contribution in [0.25, 0.3) is 0 Å². The molecule has 1 saturated heterocycles. The third kappa shape index (κ3) is 1.86. The molecule has 2 N–H and O–H groups in total. The number of benzene rings is 1. The van der Waals surface area contributed by atoms with Gasteiger partial charge in [-0.1, -0.05) is 0 Å². The molecule has 1 aromatic rings. The molecule has 1 heterocycles. The zero-order valence-corrected chi connectivity index (χ0v) is 10.4. The molecule has 0 aromatic heterocycles. The predicted molar refractivity (Wildman–Crippen MR) is 64.1 cm³/mol. The highest BCUT2D eigenvalue weighted by Crippen LogP contribution is 2.42. The Bertz CT molecular complexity index is 440. The van der Waals surface area contributed by atoms with E-state index in [2.05, 4.69) is 5.32 Å². The minimum absolute atomic E-state index is 0.0269. The molecular weight excluding hydrogens is 221 g/mol. The van der Waals surface area contributed by atoms with Gasteiger partial charge in [0.15, 0.2) is 11.5 Å². The van der Waals surface area contributed by atoms with E-state index in [1.807, 2.05) is 0 Å². The molecule has 0 aliphatic carbocycles. The fraction of sp³-hybridized carbons (Fsp3) is 0.538. The zero-order valence-electron chi connectivity index (χ0n) is 10.4. The van der Waals surface area contributed by atoms with Crippen molar-refractivity contribution in [1.29, 1.82) is 0 Å². The molecule has 1 unspecified atom stereocenters. The Morgan fingerprint density at radius 3 is 2.59 bits per heavy atom. The van der Waals surface area contributed by atoms with Gasteiger partial charge in [0.05, 0.1) is 7.11 Å². The maximum absolute atomic E-state index is 14.1. The van der Waals surface area contributed by atoms with Gasteiger partial charge in [0.2, 0.25) is 0 Å². The number of phenolic OH excluding ortho intramolecular Hbond substituents is 1. The molecule has 0 radical (unpaired) electrons. The highest BCUT2D eigenvalue weighted by Gasteiger charge is 2.27. The Labute approximate surface area is 101 Å². The van der Waals surface area contributed by atoms with Crippen LogP contribution in [0.4, 0.5) is 4.39 Å². The van der Waals surface area contributed by atoms with Crippen LogP contribution in [0.2, 0.25) is 0 Å². The smallest absolute Gasteiger partial charge is 0.166 e. The Morgan fingerprint density at radius 2 is 2.06 bits per heavy atom. The van der Waals surface area contributed by atoms with Crippen LogP contribution in [-0.2, 0) is 0 Å². The number of aromatic hydroxyl groups is 1. The Morgan fingerprint density at radius 1 is 1.35 bits per heavy atom. The second-order valence-electron chi connectivity index (χ2n) is 4.51. The standard InChI is InChI=1S/C13H18FNO2/c1-7-10(9-5-4-6-15-9)12(16)13(17-3)8(2)11(7)14/h9,15-16H,4-6H2,1-3H3. The SMILES string of the molecule is COc1c(C)c(F)c(C)c(C2CCCN2)c1O. The summed E-state index contributed by atoms with van der Waals surface area (Å²) in [5, 5.41) is 13.5. The molecule has 0 bridgehead atoms. The van der Waals surface area contributed by atoms with Gasteiger partial charge in [-0.25, -0.2) is 4.39 Å². The molecule has 3 nitrogen and oxygen atoms in total. The van der Waals surface area contributed by atoms with Gasteiger partial charge in [0, 0.05) is 17.2 Å². The van der Waals surface area contributed by atoms with Gasteiger partial charge in [0.25, 0.3) is 0 Å². The topological polar surface area (TPSA) is 41.5 Å². The fourth-order valence-corrected chi connectivity index (χ4v) is 2.58. The average Bonchev–Trinajstić information content (AvgIpc) is 2.81. The minimum Gasteiger partial charge on any atom is -0.504 e. The number of phenols is 1. The van der Waals surface area contributed by atoms with Crippen molar-refractivity contribution in [2.45, 2.75) is 32.7 Å². The molecule has 1 aromatic carbocycles. The number of hydrogen-bond donors (Lipinski definition) is 2. The van der Waals surface area contributed by atoms with Crippen LogP contribution in [0, 0.1) is 19.7 Å². The summed E-state index contributed by atoms with van der Waals surface area (Å²) in [7, 11) is 1.45. The van der Waals surface area contributed by atoms with Crippen molar-refractivity contribution in [2.75, 3.05) is 13.7 Å². The third-order valence-electron chi connectivity index (χ3n) is 3.49. The Balaban J connectivity index is 2.61. The van der Waals surface area contributed by atoms with E-state index < -0.39 is 0 Å². The lowest BCUT2D eigenvalue weighted by Crippen LogP contribution is -2.15. The third-order valence-corrected chi connectivity index (χ3v) is 3.49. The molecule has 17 heavy (non-hydrogen) atoms. The number of methoxy groups -OCH3 is 1. The lowest BCUT2D eigenvalue weighted by molar-refractivity contribution is 0.359. The summed E-state index contributed by atoms with van der Waals surface area (Å²) in [6, 6.07) is 0.0269. The summed E-state index contributed by atoms with van der Waals surface area (Å²) in [6.45, 7) is 4.23. The van der Waals surface area contributed by atoms with Crippen molar-refractivity contribution in [3.8, 4) is 11.5 Å². The van der Waals surface area contributed by atoms with Crippen molar-refractivity contribution in [3.05, 3.63) is 22.5 Å². The van der Waals surface area contributed by atoms with Crippen LogP contribution in [0.5, 0.6) is 11.5 Å². The number of nitrogens with one attached hydrogen (secondary N) is 1. The van der Waals surface area contributed by atoms with Crippen LogP contribution in [0.1, 0.15) is 35.6 Å². The number of rotatable bonds is 2. The van der Waals surface area contributed by atoms with E-state index >= 15 is 0 Å². The summed E-state index contributed by atoms with van der Waals surface area (Å²) in [6.07, 6.45) is 1.96. The van der Waals surface area contributed by atoms with Gasteiger partial charge in [-0.15, -0.1) is 0 Å². The monoisotopic (exact) mass is 239 g/mol. The summed E-state index contributed by atoms with van der Waals surface area (Å²) in [5.41, 5.74) is 1.52. The largest absolute Gasteiger partial charge is 0.504 e. The molecule has 2 rings (SSSR count). The van der Waals surface area contributed by atoms with E-state index in [-0.39, 0.29) is 23.4 Å². The predicted octanol–water partition coefficient (Wildman–Crippen LogP) is 2.58. The highest BCUT2D eigenvalue weighted by atomic mass is 19.1. The maximum atomic E-state index is 14.1. The van der Waals surface area contributed by atoms with Gasteiger partial charge in [-0.3, -0.25) is 0 Å². The Hall–Kier alpha value is -1.29. The van der Waals surface area contributed by atoms with Gasteiger partial charge in [-0.2, -0.15) is 0 Å². The number of halogens is 1. The van der Waals surface area contributed by atoms with Crippen LogP contribution >= 0.6 is 0 Å². The second-order valence-corrected chi connectivity index (χ2v) is 4.51. The van der Waals surface area contributed by atoms with E-state index in [1.54, 1.807) is 13.8 Å². The van der Waals surface area contributed by atoms with Gasteiger partial charge in [-0.05, 0) is 38.8 Å².